The largest absolute Gasteiger partial charge is 0.378 e. The molecule has 1 N–H and O–H groups in total. The summed E-state index contributed by atoms with van der Waals surface area (Å²) in [4.78, 5) is 14.8. The molecule has 0 saturated carbocycles. The molecule has 0 aliphatic carbocycles. The van der Waals surface area contributed by atoms with E-state index < -0.39 is 0 Å². The van der Waals surface area contributed by atoms with Crippen LogP contribution in [-0.2, 0) is 20.8 Å². The van der Waals surface area contributed by atoms with Gasteiger partial charge in [-0.25, -0.2) is 0 Å². The van der Waals surface area contributed by atoms with Crippen LogP contribution in [0, 0.1) is 0 Å². The molecular formula is C20H30N2O3. The summed E-state index contributed by atoms with van der Waals surface area (Å²) in [7, 11) is 0. The van der Waals surface area contributed by atoms with Crippen LogP contribution >= 0.6 is 0 Å². The fraction of sp³-hybridized carbons (Fsp3) is 0.650. The van der Waals surface area contributed by atoms with Crippen LogP contribution in [0.3, 0.4) is 0 Å². The number of nitrogens with one attached hydrogen (secondary N) is 1. The number of hydrogen-bond acceptors (Lipinski definition) is 4. The highest BCUT2D eigenvalue weighted by Crippen LogP contribution is 2.18. The number of nitrogens with zero attached hydrogens (tertiary/aromatic N) is 1. The lowest BCUT2D eigenvalue weighted by atomic mass is 10.1. The van der Waals surface area contributed by atoms with Crippen molar-refractivity contribution in [1.82, 2.24) is 10.2 Å². The fourth-order valence-electron chi connectivity index (χ4n) is 3.56. The Morgan fingerprint density at radius 3 is 2.88 bits per heavy atom. The number of ether oxygens (including phenoxy) is 2. The van der Waals surface area contributed by atoms with Crippen molar-refractivity contribution >= 4 is 5.91 Å². The summed E-state index contributed by atoms with van der Waals surface area (Å²) in [5.41, 5.74) is 1.27. The first-order valence-corrected chi connectivity index (χ1v) is 9.50. The van der Waals surface area contributed by atoms with Crippen molar-refractivity contribution in [3.05, 3.63) is 35.9 Å². The van der Waals surface area contributed by atoms with Gasteiger partial charge < -0.3 is 14.8 Å². The molecule has 2 saturated heterocycles. The Bertz CT molecular complexity index is 531. The number of benzene rings is 1. The Balaban J connectivity index is 1.41. The molecule has 3 atom stereocenters. The quantitative estimate of drug-likeness (QED) is 0.823. The molecule has 1 aromatic carbocycles. The van der Waals surface area contributed by atoms with Gasteiger partial charge in [-0.3, -0.25) is 9.69 Å². The number of morpholine rings is 1. The number of carbonyl (C=O) groups is 1. The topological polar surface area (TPSA) is 50.8 Å². The van der Waals surface area contributed by atoms with E-state index in [2.05, 4.69) is 41.4 Å². The first kappa shape index (κ1) is 18.4. The van der Waals surface area contributed by atoms with Crippen molar-refractivity contribution in [2.45, 2.75) is 57.4 Å². The van der Waals surface area contributed by atoms with E-state index >= 15 is 0 Å². The summed E-state index contributed by atoms with van der Waals surface area (Å²) in [5, 5.41) is 3.11. The van der Waals surface area contributed by atoms with E-state index in [-0.39, 0.29) is 18.1 Å². The van der Waals surface area contributed by atoms with Crippen molar-refractivity contribution in [2.24, 2.45) is 0 Å². The van der Waals surface area contributed by atoms with Gasteiger partial charge in [0, 0.05) is 32.3 Å². The molecule has 2 aliphatic heterocycles. The normalized spacial score (nSPS) is 25.6. The lowest BCUT2D eigenvalue weighted by Crippen LogP contribution is -2.51. The van der Waals surface area contributed by atoms with Crippen LogP contribution in [0.4, 0.5) is 0 Å². The first-order valence-electron chi connectivity index (χ1n) is 9.50. The van der Waals surface area contributed by atoms with Crippen LogP contribution in [0.15, 0.2) is 30.3 Å². The zero-order chi connectivity index (χ0) is 17.5. The third-order valence-electron chi connectivity index (χ3n) is 5.03. The van der Waals surface area contributed by atoms with Gasteiger partial charge in [0.15, 0.2) is 0 Å². The van der Waals surface area contributed by atoms with Gasteiger partial charge in [-0.2, -0.15) is 0 Å². The first-order chi connectivity index (χ1) is 12.2. The predicted octanol–water partition coefficient (Wildman–Crippen LogP) is 2.35. The Morgan fingerprint density at radius 2 is 2.12 bits per heavy atom. The summed E-state index contributed by atoms with van der Waals surface area (Å²) in [5.74, 6) is 0.0117. The van der Waals surface area contributed by atoms with Crippen LogP contribution in [-0.4, -0.2) is 55.4 Å². The Hall–Kier alpha value is -1.43. The van der Waals surface area contributed by atoms with Crippen molar-refractivity contribution < 1.29 is 14.3 Å². The summed E-state index contributed by atoms with van der Waals surface area (Å²) >= 11 is 0. The zero-order valence-electron chi connectivity index (χ0n) is 15.2. The summed E-state index contributed by atoms with van der Waals surface area (Å²) in [6.45, 7) is 5.94. The molecule has 1 aromatic rings. The Kier molecular flexibility index (Phi) is 6.84. The van der Waals surface area contributed by atoms with Crippen LogP contribution < -0.4 is 5.32 Å². The molecule has 0 radical (unpaired) electrons. The standard InChI is InChI=1S/C20H30N2O3/c1-16(9-10-18-8-5-12-24-18)21-20(23)19-15-22(11-13-25-19)14-17-6-3-2-4-7-17/h2-4,6-7,16,18-19H,5,8-15H2,1H3,(H,21,23)/t16-,18+,19+/m1/s1. The molecule has 2 heterocycles. The number of carbonyl (C=O) groups excluding carboxylic acids is 1. The molecule has 2 aliphatic rings. The molecule has 1 amide bonds. The number of hydrogen-bond donors (Lipinski definition) is 1. The second kappa shape index (κ2) is 9.32. The number of rotatable bonds is 7. The van der Waals surface area contributed by atoms with Gasteiger partial charge in [0.2, 0.25) is 0 Å². The highest BCUT2D eigenvalue weighted by molar-refractivity contribution is 5.81. The van der Waals surface area contributed by atoms with E-state index in [9.17, 15) is 4.79 Å². The smallest absolute Gasteiger partial charge is 0.250 e. The average Bonchev–Trinajstić information content (AvgIpc) is 3.15. The van der Waals surface area contributed by atoms with Crippen LogP contribution in [0.1, 0.15) is 38.2 Å². The molecule has 0 aromatic heterocycles. The van der Waals surface area contributed by atoms with Gasteiger partial charge in [0.1, 0.15) is 6.10 Å². The minimum absolute atomic E-state index is 0.0117. The van der Waals surface area contributed by atoms with E-state index in [1.165, 1.54) is 12.0 Å². The third-order valence-corrected chi connectivity index (χ3v) is 5.03. The van der Waals surface area contributed by atoms with Crippen molar-refractivity contribution in [3.8, 4) is 0 Å². The molecule has 3 rings (SSSR count). The second-order valence-corrected chi connectivity index (χ2v) is 7.20. The SMILES string of the molecule is C[C@H](CC[C@@H]1CCCO1)NC(=O)[C@@H]1CN(Cc2ccccc2)CCO1. The van der Waals surface area contributed by atoms with Gasteiger partial charge in [-0.1, -0.05) is 30.3 Å². The molecule has 0 bridgehead atoms. The molecular weight excluding hydrogens is 316 g/mol. The highest BCUT2D eigenvalue weighted by Gasteiger charge is 2.27. The molecule has 25 heavy (non-hydrogen) atoms. The molecule has 0 spiro atoms. The van der Waals surface area contributed by atoms with Crippen LogP contribution in [0.5, 0.6) is 0 Å². The van der Waals surface area contributed by atoms with Gasteiger partial charge >= 0.3 is 0 Å². The minimum atomic E-state index is -0.373. The summed E-state index contributed by atoms with van der Waals surface area (Å²) in [6.07, 6.45) is 4.30. The van der Waals surface area contributed by atoms with Crippen molar-refractivity contribution in [1.29, 1.82) is 0 Å². The van der Waals surface area contributed by atoms with E-state index in [4.69, 9.17) is 9.47 Å². The van der Waals surface area contributed by atoms with Gasteiger partial charge in [-0.05, 0) is 38.2 Å². The van der Waals surface area contributed by atoms with E-state index in [0.29, 0.717) is 19.3 Å². The minimum Gasteiger partial charge on any atom is -0.378 e. The van der Waals surface area contributed by atoms with E-state index in [0.717, 1.165) is 39.0 Å². The Labute approximate surface area is 150 Å². The third kappa shape index (κ3) is 5.80. The lowest BCUT2D eigenvalue weighted by Gasteiger charge is -2.32. The maximum Gasteiger partial charge on any atom is 0.250 e. The fourth-order valence-corrected chi connectivity index (χ4v) is 3.56. The monoisotopic (exact) mass is 346 g/mol. The maximum absolute atomic E-state index is 12.5. The highest BCUT2D eigenvalue weighted by atomic mass is 16.5. The van der Waals surface area contributed by atoms with Gasteiger partial charge in [-0.15, -0.1) is 0 Å². The Morgan fingerprint density at radius 1 is 1.28 bits per heavy atom. The molecule has 138 valence electrons. The zero-order valence-corrected chi connectivity index (χ0v) is 15.2. The predicted molar refractivity (Wildman–Crippen MR) is 97.3 cm³/mol. The second-order valence-electron chi connectivity index (χ2n) is 7.20. The average molecular weight is 346 g/mol. The molecule has 0 unspecified atom stereocenters. The van der Waals surface area contributed by atoms with Crippen LogP contribution in [0.2, 0.25) is 0 Å². The van der Waals surface area contributed by atoms with E-state index in [1.807, 2.05) is 6.07 Å². The summed E-state index contributed by atoms with van der Waals surface area (Å²) < 4.78 is 11.4. The van der Waals surface area contributed by atoms with Crippen LogP contribution in [0.25, 0.3) is 0 Å². The van der Waals surface area contributed by atoms with Crippen molar-refractivity contribution in [3.63, 3.8) is 0 Å². The van der Waals surface area contributed by atoms with Gasteiger partial charge in [0.25, 0.3) is 5.91 Å². The molecule has 5 heteroatoms. The van der Waals surface area contributed by atoms with E-state index in [1.54, 1.807) is 0 Å². The maximum atomic E-state index is 12.5. The molecule has 2 fully saturated rings. The van der Waals surface area contributed by atoms with Gasteiger partial charge in [0.05, 0.1) is 12.7 Å². The number of amides is 1. The lowest BCUT2D eigenvalue weighted by molar-refractivity contribution is -0.139. The molecule has 5 nitrogen and oxygen atoms in total. The van der Waals surface area contributed by atoms with Crippen molar-refractivity contribution in [2.75, 3.05) is 26.3 Å². The summed E-state index contributed by atoms with van der Waals surface area (Å²) in [6, 6.07) is 10.5.